The number of nitrogens with one attached hydrogen (secondary N) is 1. The molecule has 1 atom stereocenters. The summed E-state index contributed by atoms with van der Waals surface area (Å²) in [5, 5.41) is 3.21. The van der Waals surface area contributed by atoms with E-state index in [0.29, 0.717) is 13.1 Å². The Bertz CT molecular complexity index is 449. The Balaban J connectivity index is 2.67. The van der Waals surface area contributed by atoms with E-state index in [4.69, 9.17) is 9.47 Å². The van der Waals surface area contributed by atoms with Crippen molar-refractivity contribution in [1.82, 2.24) is 10.2 Å². The lowest BCUT2D eigenvalue weighted by molar-refractivity contribution is -0.131. The molecule has 1 amide bonds. The third-order valence-electron chi connectivity index (χ3n) is 3.31. The van der Waals surface area contributed by atoms with Gasteiger partial charge in [0.05, 0.1) is 20.3 Å². The van der Waals surface area contributed by atoms with Crippen molar-refractivity contribution >= 4 is 5.91 Å². The van der Waals surface area contributed by atoms with Gasteiger partial charge in [-0.15, -0.1) is 0 Å². The molecule has 1 unspecified atom stereocenters. The number of hydrogen-bond acceptors (Lipinski definition) is 4. The number of methoxy groups -OCH3 is 2. The van der Waals surface area contributed by atoms with Crippen LogP contribution in [0.5, 0.6) is 11.5 Å². The fourth-order valence-corrected chi connectivity index (χ4v) is 1.83. The van der Waals surface area contributed by atoms with Gasteiger partial charge in [-0.3, -0.25) is 4.79 Å². The fraction of sp³-hybridized carbons (Fsp3) is 0.533. The minimum atomic E-state index is -0.230. The van der Waals surface area contributed by atoms with Gasteiger partial charge in [0.15, 0.2) is 0 Å². The molecule has 5 nitrogen and oxygen atoms in total. The Kier molecular flexibility index (Phi) is 6.31. The van der Waals surface area contributed by atoms with Crippen LogP contribution in [0.1, 0.15) is 19.4 Å². The van der Waals surface area contributed by atoms with Crippen LogP contribution in [0.15, 0.2) is 18.2 Å². The average Bonchev–Trinajstić information content (AvgIpc) is 2.50. The van der Waals surface area contributed by atoms with E-state index in [9.17, 15) is 4.79 Å². The molecule has 112 valence electrons. The fourth-order valence-electron chi connectivity index (χ4n) is 1.83. The van der Waals surface area contributed by atoms with E-state index in [-0.39, 0.29) is 11.9 Å². The number of carbonyl (C=O) groups is 1. The molecular formula is C15H24N2O3. The number of rotatable bonds is 7. The first-order valence-electron chi connectivity index (χ1n) is 6.72. The summed E-state index contributed by atoms with van der Waals surface area (Å²) in [6.45, 7) is 5.09. The van der Waals surface area contributed by atoms with E-state index < -0.39 is 0 Å². The molecule has 0 aromatic heterocycles. The Morgan fingerprint density at radius 1 is 1.35 bits per heavy atom. The maximum Gasteiger partial charge on any atom is 0.239 e. The van der Waals surface area contributed by atoms with E-state index >= 15 is 0 Å². The number of benzene rings is 1. The molecular weight excluding hydrogens is 256 g/mol. The molecule has 0 saturated heterocycles. The highest BCUT2D eigenvalue weighted by molar-refractivity contribution is 5.81. The Morgan fingerprint density at radius 3 is 2.60 bits per heavy atom. The summed E-state index contributed by atoms with van der Waals surface area (Å²) in [5.41, 5.74) is 0.993. The topological polar surface area (TPSA) is 50.8 Å². The van der Waals surface area contributed by atoms with Gasteiger partial charge in [-0.05, 0) is 19.9 Å². The first-order chi connectivity index (χ1) is 9.53. The van der Waals surface area contributed by atoms with Crippen molar-refractivity contribution in [2.45, 2.75) is 26.4 Å². The van der Waals surface area contributed by atoms with Crippen LogP contribution in [0.4, 0.5) is 0 Å². The molecule has 1 aromatic carbocycles. The highest BCUT2D eigenvalue weighted by Gasteiger charge is 2.16. The highest BCUT2D eigenvalue weighted by Crippen LogP contribution is 2.24. The van der Waals surface area contributed by atoms with Gasteiger partial charge in [-0.1, -0.05) is 6.07 Å². The summed E-state index contributed by atoms with van der Waals surface area (Å²) in [6, 6.07) is 5.42. The lowest BCUT2D eigenvalue weighted by Gasteiger charge is -2.21. The monoisotopic (exact) mass is 280 g/mol. The molecule has 0 heterocycles. The van der Waals surface area contributed by atoms with Gasteiger partial charge in [0.25, 0.3) is 0 Å². The quantitative estimate of drug-likeness (QED) is 0.825. The van der Waals surface area contributed by atoms with E-state index in [0.717, 1.165) is 17.1 Å². The summed E-state index contributed by atoms with van der Waals surface area (Å²) >= 11 is 0. The summed E-state index contributed by atoms with van der Waals surface area (Å²) in [5.74, 6) is 1.58. The number of amides is 1. The number of likely N-dealkylation sites (N-methyl/N-ethyl adjacent to an activating group) is 1. The van der Waals surface area contributed by atoms with Crippen LogP contribution in [0.3, 0.4) is 0 Å². The lowest BCUT2D eigenvalue weighted by Crippen LogP contribution is -2.42. The summed E-state index contributed by atoms with van der Waals surface area (Å²) in [4.78, 5) is 13.7. The van der Waals surface area contributed by atoms with Crippen LogP contribution in [0.25, 0.3) is 0 Å². The standard InChI is InChI=1S/C15H24N2O3/c1-6-17(3)15(18)11(2)16-10-12-7-8-13(19-4)9-14(12)20-5/h7-9,11,16H,6,10H2,1-5H3. The van der Waals surface area contributed by atoms with Crippen molar-refractivity contribution in [1.29, 1.82) is 0 Å². The second kappa shape index (κ2) is 7.75. The van der Waals surface area contributed by atoms with Gasteiger partial charge in [-0.2, -0.15) is 0 Å². The van der Waals surface area contributed by atoms with Crippen molar-refractivity contribution in [2.75, 3.05) is 27.8 Å². The van der Waals surface area contributed by atoms with E-state index in [1.807, 2.05) is 32.0 Å². The van der Waals surface area contributed by atoms with Crippen LogP contribution in [-0.2, 0) is 11.3 Å². The van der Waals surface area contributed by atoms with Gasteiger partial charge in [0.2, 0.25) is 5.91 Å². The zero-order chi connectivity index (χ0) is 15.1. The molecule has 0 bridgehead atoms. The Hall–Kier alpha value is -1.75. The molecule has 0 saturated carbocycles. The molecule has 0 radical (unpaired) electrons. The van der Waals surface area contributed by atoms with Crippen LogP contribution in [0, 0.1) is 0 Å². The molecule has 5 heteroatoms. The van der Waals surface area contributed by atoms with E-state index in [1.54, 1.807) is 26.2 Å². The van der Waals surface area contributed by atoms with Crippen molar-refractivity contribution in [3.05, 3.63) is 23.8 Å². The minimum absolute atomic E-state index is 0.0833. The van der Waals surface area contributed by atoms with Crippen LogP contribution >= 0.6 is 0 Å². The van der Waals surface area contributed by atoms with Gasteiger partial charge >= 0.3 is 0 Å². The van der Waals surface area contributed by atoms with Crippen molar-refractivity contribution < 1.29 is 14.3 Å². The van der Waals surface area contributed by atoms with Crippen LogP contribution in [-0.4, -0.2) is 44.7 Å². The van der Waals surface area contributed by atoms with Gasteiger partial charge in [0.1, 0.15) is 11.5 Å². The molecule has 1 rings (SSSR count). The minimum Gasteiger partial charge on any atom is -0.497 e. The van der Waals surface area contributed by atoms with Gasteiger partial charge in [0, 0.05) is 31.8 Å². The largest absolute Gasteiger partial charge is 0.497 e. The smallest absolute Gasteiger partial charge is 0.239 e. The van der Waals surface area contributed by atoms with Crippen molar-refractivity contribution in [3.8, 4) is 11.5 Å². The molecule has 20 heavy (non-hydrogen) atoms. The predicted molar refractivity (Wildman–Crippen MR) is 79.2 cm³/mol. The predicted octanol–water partition coefficient (Wildman–Crippen LogP) is 1.66. The maximum atomic E-state index is 12.0. The first kappa shape index (κ1) is 16.3. The molecule has 0 aliphatic rings. The zero-order valence-electron chi connectivity index (χ0n) is 12.9. The lowest BCUT2D eigenvalue weighted by atomic mass is 10.1. The van der Waals surface area contributed by atoms with Crippen LogP contribution < -0.4 is 14.8 Å². The first-order valence-corrected chi connectivity index (χ1v) is 6.72. The van der Waals surface area contributed by atoms with Crippen molar-refractivity contribution in [2.24, 2.45) is 0 Å². The SMILES string of the molecule is CCN(C)C(=O)C(C)NCc1ccc(OC)cc1OC. The number of carbonyl (C=O) groups excluding carboxylic acids is 1. The molecule has 0 fully saturated rings. The molecule has 0 spiro atoms. The van der Waals surface area contributed by atoms with Gasteiger partial charge in [-0.25, -0.2) is 0 Å². The molecule has 1 aromatic rings. The molecule has 0 aliphatic heterocycles. The highest BCUT2D eigenvalue weighted by atomic mass is 16.5. The zero-order valence-corrected chi connectivity index (χ0v) is 12.9. The van der Waals surface area contributed by atoms with E-state index in [1.165, 1.54) is 0 Å². The third kappa shape index (κ3) is 4.13. The number of nitrogens with zero attached hydrogens (tertiary/aromatic N) is 1. The van der Waals surface area contributed by atoms with Crippen LogP contribution in [0.2, 0.25) is 0 Å². The summed E-state index contributed by atoms with van der Waals surface area (Å²) < 4.78 is 10.5. The second-order valence-electron chi connectivity index (χ2n) is 4.63. The maximum absolute atomic E-state index is 12.0. The van der Waals surface area contributed by atoms with E-state index in [2.05, 4.69) is 5.32 Å². The normalized spacial score (nSPS) is 11.8. The van der Waals surface area contributed by atoms with Gasteiger partial charge < -0.3 is 19.7 Å². The van der Waals surface area contributed by atoms with Crippen molar-refractivity contribution in [3.63, 3.8) is 0 Å². The Morgan fingerprint density at radius 2 is 2.05 bits per heavy atom. The third-order valence-corrected chi connectivity index (χ3v) is 3.31. The molecule has 1 N–H and O–H groups in total. The second-order valence-corrected chi connectivity index (χ2v) is 4.63. The summed E-state index contributed by atoms with van der Waals surface area (Å²) in [6.07, 6.45) is 0. The number of ether oxygens (including phenoxy) is 2. The average molecular weight is 280 g/mol. The Labute approximate surface area is 120 Å². The molecule has 0 aliphatic carbocycles. The summed E-state index contributed by atoms with van der Waals surface area (Å²) in [7, 11) is 5.04. The number of hydrogen-bond donors (Lipinski definition) is 1.